The Morgan fingerprint density at radius 1 is 0.867 bits per heavy atom. The van der Waals surface area contributed by atoms with Gasteiger partial charge in [0, 0.05) is 8.96 Å². The molecular weight excluding hydrogens is 521 g/mol. The molecule has 0 heterocycles. The van der Waals surface area contributed by atoms with Gasteiger partial charge in [0.1, 0.15) is 0 Å². The largest absolute Gasteiger partial charge is 2.00 e. The van der Waals surface area contributed by atoms with Crippen LogP contribution >= 0.6 is 63.7 Å². The molecule has 0 aromatic heterocycles. The summed E-state index contributed by atoms with van der Waals surface area (Å²) in [6, 6.07) is 0. The molecule has 0 saturated carbocycles. The van der Waals surface area contributed by atoms with Crippen LogP contribution in [-0.2, 0) is 29.1 Å². The van der Waals surface area contributed by atoms with E-state index in [9.17, 15) is 19.8 Å². The molecule has 0 N–H and O–H groups in total. The first-order valence-corrected chi connectivity index (χ1v) is 6.13. The maximum atomic E-state index is 9.67. The van der Waals surface area contributed by atoms with Gasteiger partial charge in [-0.15, -0.1) is 0 Å². The van der Waals surface area contributed by atoms with E-state index < -0.39 is 11.9 Å². The van der Waals surface area contributed by atoms with Crippen LogP contribution in [0.4, 0.5) is 0 Å². The summed E-state index contributed by atoms with van der Waals surface area (Å²) in [6.07, 6.45) is 0. The van der Waals surface area contributed by atoms with Crippen molar-refractivity contribution in [2.45, 2.75) is 0 Å². The van der Waals surface area contributed by atoms with Gasteiger partial charge < -0.3 is 19.8 Å². The molecule has 80 valence electrons. The van der Waals surface area contributed by atoms with E-state index >= 15 is 0 Å². The first-order valence-electron chi connectivity index (χ1n) is 2.71. The van der Waals surface area contributed by atoms with E-state index in [1.165, 1.54) is 9.97 Å². The van der Waals surface area contributed by atoms with Gasteiger partial charge in [-0.25, -0.2) is 0 Å². The van der Waals surface area contributed by atoms with Gasteiger partial charge in [-0.05, 0) is 41.8 Å². The van der Waals surface area contributed by atoms with Crippen molar-refractivity contribution >= 4 is 75.7 Å². The predicted octanol–water partition coefficient (Wildman–Crippen LogP) is 0.732. The van der Waals surface area contributed by atoms with E-state index in [1.54, 1.807) is 0 Å². The van der Waals surface area contributed by atoms with Gasteiger partial charge in [0.2, 0.25) is 0 Å². The Balaban J connectivity index is -0.000000180. The van der Waals surface area contributed by atoms with Crippen LogP contribution in [0.3, 0.4) is 0 Å². The van der Waals surface area contributed by atoms with Crippen molar-refractivity contribution in [1.82, 2.24) is 0 Å². The fourth-order valence-corrected chi connectivity index (χ4v) is 0.463. The normalized spacial score (nSPS) is 10.7. The maximum absolute atomic E-state index is 9.67. The Bertz CT molecular complexity index is 248. The molecule has 0 rings (SSSR count). The van der Waals surface area contributed by atoms with Gasteiger partial charge in [-0.1, -0.05) is 31.9 Å². The number of carboxylic acid groups (broad SMARTS) is 2. The Kier molecular flexibility index (Phi) is 18.5. The summed E-state index contributed by atoms with van der Waals surface area (Å²) in [5.74, 6) is -2.45. The van der Waals surface area contributed by atoms with Crippen molar-refractivity contribution in [3.05, 3.63) is 18.9 Å². The minimum atomic E-state index is -1.23. The molecule has 0 radical (unpaired) electrons. The second-order valence-electron chi connectivity index (χ2n) is 1.49. The molecule has 0 aliphatic heterocycles. The quantitative estimate of drug-likeness (QED) is 0.395. The van der Waals surface area contributed by atoms with Crippen molar-refractivity contribution < 1.29 is 39.3 Å². The second kappa shape index (κ2) is 13.0. The van der Waals surface area contributed by atoms with Gasteiger partial charge in [0.15, 0.2) is 0 Å². The van der Waals surface area contributed by atoms with Crippen molar-refractivity contribution in [3.8, 4) is 0 Å². The third kappa shape index (κ3) is 15.0. The summed E-state index contributed by atoms with van der Waals surface area (Å²) >= 11 is 11.0. The van der Waals surface area contributed by atoms with Crippen molar-refractivity contribution in [2.75, 3.05) is 0 Å². The first kappa shape index (κ1) is 21.3. The monoisotopic (exact) mass is 518 g/mol. The minimum absolute atomic E-state index is 0. The van der Waals surface area contributed by atoms with Crippen LogP contribution < -0.4 is 10.2 Å². The molecule has 0 spiro atoms. The summed E-state index contributed by atoms with van der Waals surface area (Å²) in [4.78, 5) is 21.8. The van der Waals surface area contributed by atoms with E-state index in [2.05, 4.69) is 63.7 Å². The number of carboxylic acids is 2. The molecule has 0 amide bonds. The number of hydrogen-bond acceptors (Lipinski definition) is 4. The van der Waals surface area contributed by atoms with Crippen molar-refractivity contribution in [2.24, 2.45) is 0 Å². The molecule has 15 heavy (non-hydrogen) atoms. The van der Waals surface area contributed by atoms with Crippen LogP contribution in [0.25, 0.3) is 0 Å². The fraction of sp³-hybridized carbons (Fsp3) is 0. The topological polar surface area (TPSA) is 80.3 Å². The van der Waals surface area contributed by atoms with E-state index in [0.29, 0.717) is 0 Å². The van der Waals surface area contributed by atoms with Crippen LogP contribution in [0.1, 0.15) is 0 Å². The van der Waals surface area contributed by atoms with Gasteiger partial charge in [0.25, 0.3) is 0 Å². The average molecular weight is 523 g/mol. The van der Waals surface area contributed by atoms with Crippen LogP contribution in [0.5, 0.6) is 0 Å². The number of aliphatic carboxylic acids is 2. The number of hydrogen-bond donors (Lipinski definition) is 0. The summed E-state index contributed by atoms with van der Waals surface area (Å²) in [5.41, 5.74) is 0. The summed E-state index contributed by atoms with van der Waals surface area (Å²) in [6.45, 7) is 0. The van der Waals surface area contributed by atoms with Gasteiger partial charge in [-0.2, -0.15) is 0 Å². The molecular formula is C6H2Br4O4Zn. The molecule has 4 nitrogen and oxygen atoms in total. The number of carbonyl (C=O) groups is 2. The van der Waals surface area contributed by atoms with Crippen LogP contribution in [0.2, 0.25) is 0 Å². The average Bonchev–Trinajstić information content (AvgIpc) is 2.15. The predicted molar refractivity (Wildman–Crippen MR) is 61.9 cm³/mol. The zero-order valence-corrected chi connectivity index (χ0v) is 16.3. The summed E-state index contributed by atoms with van der Waals surface area (Å²) in [7, 11) is 0. The summed E-state index contributed by atoms with van der Waals surface area (Å²) in [5, 5.41) is 19.3. The first-order chi connectivity index (χ1) is 6.36. The third-order valence-corrected chi connectivity index (χ3v) is 3.83. The molecule has 0 aromatic rings. The third-order valence-electron chi connectivity index (χ3n) is 0.582. The van der Waals surface area contributed by atoms with E-state index in [0.717, 1.165) is 0 Å². The SMILES string of the molecule is O=C([O-])C(Br)=CBr.O=C([O-])C(Br)=CBr.[Zn+2]. The Labute approximate surface area is 132 Å². The molecule has 0 atom stereocenters. The smallest absolute Gasteiger partial charge is 0.544 e. The van der Waals surface area contributed by atoms with Gasteiger partial charge in [-0.3, -0.25) is 0 Å². The molecule has 0 unspecified atom stereocenters. The van der Waals surface area contributed by atoms with Crippen molar-refractivity contribution in [3.63, 3.8) is 0 Å². The standard InChI is InChI=1S/2C3H2Br2O2.Zn/c2*4-1-2(5)3(6)7;/h2*1H,(H,6,7);/q;;+2/p-2. The Hall–Kier alpha value is 0.963. The molecule has 0 saturated heterocycles. The summed E-state index contributed by atoms with van der Waals surface area (Å²) < 4.78 is 0.0139. The van der Waals surface area contributed by atoms with Gasteiger partial charge in [0.05, 0.1) is 11.9 Å². The Morgan fingerprint density at radius 2 is 1.07 bits per heavy atom. The molecule has 0 aliphatic rings. The van der Waals surface area contributed by atoms with Crippen LogP contribution in [0, 0.1) is 0 Å². The minimum Gasteiger partial charge on any atom is -0.544 e. The number of carbonyl (C=O) groups excluding carboxylic acids is 2. The van der Waals surface area contributed by atoms with Gasteiger partial charge >= 0.3 is 19.5 Å². The fourth-order valence-electron chi connectivity index (χ4n) is 0.0891. The molecule has 0 aliphatic carbocycles. The second-order valence-corrected chi connectivity index (χ2v) is 4.11. The number of rotatable bonds is 2. The van der Waals surface area contributed by atoms with Crippen LogP contribution in [0.15, 0.2) is 18.9 Å². The molecule has 0 bridgehead atoms. The van der Waals surface area contributed by atoms with Crippen molar-refractivity contribution in [1.29, 1.82) is 0 Å². The maximum Gasteiger partial charge on any atom is 2.00 e. The molecule has 0 fully saturated rings. The molecule has 0 aromatic carbocycles. The van der Waals surface area contributed by atoms with E-state index in [-0.39, 0.29) is 28.4 Å². The zero-order chi connectivity index (χ0) is 11.7. The number of halogens is 4. The van der Waals surface area contributed by atoms with E-state index in [4.69, 9.17) is 0 Å². The van der Waals surface area contributed by atoms with Crippen LogP contribution in [-0.4, -0.2) is 11.9 Å². The molecule has 9 heteroatoms. The Morgan fingerprint density at radius 3 is 1.07 bits per heavy atom. The van der Waals surface area contributed by atoms with E-state index in [1.807, 2.05) is 0 Å². The zero-order valence-electron chi connectivity index (χ0n) is 7.01.